The second-order valence-corrected chi connectivity index (χ2v) is 23.1. The smallest absolute Gasteiger partial charge is 0.306 e. The summed E-state index contributed by atoms with van der Waals surface area (Å²) in [6, 6.07) is 0. The molecule has 6 nitrogen and oxygen atoms in total. The Bertz CT molecular complexity index is 1640. The van der Waals surface area contributed by atoms with Gasteiger partial charge < -0.3 is 14.2 Å². The summed E-state index contributed by atoms with van der Waals surface area (Å²) >= 11 is 0. The van der Waals surface area contributed by atoms with E-state index in [-0.39, 0.29) is 31.1 Å². The Morgan fingerprint density at radius 3 is 0.780 bits per heavy atom. The highest BCUT2D eigenvalue weighted by atomic mass is 16.6. The summed E-state index contributed by atoms with van der Waals surface area (Å²) in [5.41, 5.74) is 0. The summed E-state index contributed by atoms with van der Waals surface area (Å²) in [5.74, 6) is -0.887. The Balaban J connectivity index is 4.39. The van der Waals surface area contributed by atoms with Gasteiger partial charge >= 0.3 is 17.9 Å². The van der Waals surface area contributed by atoms with Gasteiger partial charge in [-0.15, -0.1) is 0 Å². The molecular formula is C76H130O6. The molecule has 0 saturated heterocycles. The van der Waals surface area contributed by atoms with E-state index in [2.05, 4.69) is 130 Å². The molecule has 0 amide bonds. The minimum Gasteiger partial charge on any atom is -0.462 e. The summed E-state index contributed by atoms with van der Waals surface area (Å²) in [6.45, 7) is 6.52. The van der Waals surface area contributed by atoms with Crippen LogP contribution < -0.4 is 0 Å². The molecule has 0 fully saturated rings. The first kappa shape index (κ1) is 78.1. The molecule has 0 aliphatic carbocycles. The third-order valence-electron chi connectivity index (χ3n) is 15.0. The van der Waals surface area contributed by atoms with E-state index < -0.39 is 6.10 Å². The van der Waals surface area contributed by atoms with Crippen molar-refractivity contribution in [3.05, 3.63) is 109 Å². The average Bonchev–Trinajstić information content (AvgIpc) is 3.47. The van der Waals surface area contributed by atoms with Gasteiger partial charge in [0, 0.05) is 19.3 Å². The van der Waals surface area contributed by atoms with Crippen LogP contribution in [0, 0.1) is 0 Å². The largest absolute Gasteiger partial charge is 0.462 e. The summed E-state index contributed by atoms with van der Waals surface area (Å²) in [6.07, 6.45) is 95.2. The second-order valence-electron chi connectivity index (χ2n) is 23.1. The number of rotatable bonds is 63. The molecule has 0 heterocycles. The van der Waals surface area contributed by atoms with Gasteiger partial charge in [0.2, 0.25) is 0 Å². The summed E-state index contributed by atoms with van der Waals surface area (Å²) in [7, 11) is 0. The van der Waals surface area contributed by atoms with Crippen LogP contribution in [-0.2, 0) is 28.6 Å². The van der Waals surface area contributed by atoms with Crippen molar-refractivity contribution in [2.75, 3.05) is 13.2 Å². The van der Waals surface area contributed by atoms with Gasteiger partial charge in [0.15, 0.2) is 6.10 Å². The quantitative estimate of drug-likeness (QED) is 0.0261. The topological polar surface area (TPSA) is 78.9 Å². The highest BCUT2D eigenvalue weighted by Crippen LogP contribution is 2.16. The summed E-state index contributed by atoms with van der Waals surface area (Å²) in [5, 5.41) is 0. The molecule has 0 spiro atoms. The van der Waals surface area contributed by atoms with E-state index in [0.29, 0.717) is 19.3 Å². The lowest BCUT2D eigenvalue weighted by Crippen LogP contribution is -2.30. The zero-order valence-electron chi connectivity index (χ0n) is 54.0. The van der Waals surface area contributed by atoms with Gasteiger partial charge in [-0.3, -0.25) is 14.4 Å². The minimum absolute atomic E-state index is 0.0838. The van der Waals surface area contributed by atoms with Crippen LogP contribution in [0.5, 0.6) is 0 Å². The minimum atomic E-state index is -0.789. The van der Waals surface area contributed by atoms with Gasteiger partial charge in [0.1, 0.15) is 13.2 Å². The van der Waals surface area contributed by atoms with E-state index in [1.54, 1.807) is 0 Å². The zero-order valence-corrected chi connectivity index (χ0v) is 54.0. The number of hydrogen-bond donors (Lipinski definition) is 0. The first-order valence-electron chi connectivity index (χ1n) is 34.9. The second kappa shape index (κ2) is 69.6. The normalized spacial score (nSPS) is 12.8. The van der Waals surface area contributed by atoms with E-state index >= 15 is 0 Å². The third-order valence-corrected chi connectivity index (χ3v) is 15.0. The van der Waals surface area contributed by atoms with Crippen LogP contribution in [-0.4, -0.2) is 37.2 Å². The molecular weight excluding hydrogens is 1010 g/mol. The van der Waals surface area contributed by atoms with E-state index in [0.717, 1.165) is 109 Å². The van der Waals surface area contributed by atoms with E-state index in [9.17, 15) is 14.4 Å². The number of carbonyl (C=O) groups excluding carboxylic acids is 3. The van der Waals surface area contributed by atoms with Crippen LogP contribution in [0.4, 0.5) is 0 Å². The van der Waals surface area contributed by atoms with Gasteiger partial charge in [-0.25, -0.2) is 0 Å². The Kier molecular flexibility index (Phi) is 66.2. The number of carbonyl (C=O) groups is 3. The predicted molar refractivity (Wildman–Crippen MR) is 357 cm³/mol. The Morgan fingerprint density at radius 1 is 0.256 bits per heavy atom. The molecule has 0 aliphatic heterocycles. The maximum Gasteiger partial charge on any atom is 0.306 e. The lowest BCUT2D eigenvalue weighted by atomic mass is 10.1. The van der Waals surface area contributed by atoms with Crippen LogP contribution in [0.25, 0.3) is 0 Å². The highest BCUT2D eigenvalue weighted by Gasteiger charge is 2.19. The molecule has 0 N–H and O–H groups in total. The number of unbranched alkanes of at least 4 members (excludes halogenated alkanes) is 34. The van der Waals surface area contributed by atoms with Gasteiger partial charge in [-0.1, -0.05) is 297 Å². The van der Waals surface area contributed by atoms with Crippen molar-refractivity contribution in [1.29, 1.82) is 0 Å². The molecule has 0 aromatic carbocycles. The van der Waals surface area contributed by atoms with Crippen molar-refractivity contribution in [2.45, 2.75) is 341 Å². The van der Waals surface area contributed by atoms with Crippen LogP contribution in [0.2, 0.25) is 0 Å². The maximum atomic E-state index is 13.0. The average molecular weight is 1140 g/mol. The van der Waals surface area contributed by atoms with Crippen molar-refractivity contribution in [3.8, 4) is 0 Å². The lowest BCUT2D eigenvalue weighted by Gasteiger charge is -2.18. The number of esters is 3. The highest BCUT2D eigenvalue weighted by molar-refractivity contribution is 5.71. The number of ether oxygens (including phenoxy) is 3. The fourth-order valence-corrected chi connectivity index (χ4v) is 9.77. The van der Waals surface area contributed by atoms with Gasteiger partial charge in [-0.05, 0) is 128 Å². The molecule has 470 valence electrons. The van der Waals surface area contributed by atoms with Crippen molar-refractivity contribution in [2.24, 2.45) is 0 Å². The van der Waals surface area contributed by atoms with Gasteiger partial charge in [-0.2, -0.15) is 0 Å². The third kappa shape index (κ3) is 66.9. The first-order chi connectivity index (χ1) is 40.5. The molecule has 0 saturated carbocycles. The summed E-state index contributed by atoms with van der Waals surface area (Å²) in [4.78, 5) is 38.5. The van der Waals surface area contributed by atoms with Gasteiger partial charge in [0.05, 0.1) is 0 Å². The zero-order chi connectivity index (χ0) is 59.2. The Morgan fingerprint density at radius 2 is 0.476 bits per heavy atom. The fourth-order valence-electron chi connectivity index (χ4n) is 9.77. The van der Waals surface area contributed by atoms with Crippen molar-refractivity contribution in [1.82, 2.24) is 0 Å². The number of hydrogen-bond acceptors (Lipinski definition) is 6. The van der Waals surface area contributed by atoms with Gasteiger partial charge in [0.25, 0.3) is 0 Å². The monoisotopic (exact) mass is 1140 g/mol. The van der Waals surface area contributed by atoms with E-state index in [1.165, 1.54) is 186 Å². The first-order valence-corrected chi connectivity index (χ1v) is 34.9. The lowest BCUT2D eigenvalue weighted by molar-refractivity contribution is -0.167. The molecule has 0 aromatic heterocycles. The molecule has 0 aliphatic rings. The Hall–Kier alpha value is -3.93. The molecule has 0 rings (SSSR count). The maximum absolute atomic E-state index is 13.0. The molecule has 1 atom stereocenters. The van der Waals surface area contributed by atoms with Crippen molar-refractivity contribution in [3.63, 3.8) is 0 Å². The fraction of sp³-hybridized carbons (Fsp3) is 0.724. The van der Waals surface area contributed by atoms with E-state index in [4.69, 9.17) is 14.2 Å². The van der Waals surface area contributed by atoms with Crippen LogP contribution >= 0.6 is 0 Å². The molecule has 0 aromatic rings. The van der Waals surface area contributed by atoms with Crippen LogP contribution in [0.3, 0.4) is 0 Å². The molecule has 6 heteroatoms. The van der Waals surface area contributed by atoms with E-state index in [1.807, 2.05) is 0 Å². The molecule has 82 heavy (non-hydrogen) atoms. The molecule has 0 radical (unpaired) electrons. The van der Waals surface area contributed by atoms with Crippen LogP contribution in [0.15, 0.2) is 109 Å². The van der Waals surface area contributed by atoms with Crippen molar-refractivity contribution >= 4 is 17.9 Å². The standard InChI is InChI=1S/C76H130O6/c1-4-7-10-13-16-19-22-25-28-31-34-35-36-37-38-39-40-41-43-45-48-51-54-57-60-63-66-69-75(78)81-72-73(71-80-74(77)68-65-62-59-56-53-50-47-44-33-30-27-24-21-18-15-12-9-6-3)82-76(79)70-67-64-61-58-55-52-49-46-42-32-29-26-23-20-17-14-11-8-5-2/h7,10,16-17,19-20,25-26,28-30,33-35,37-38,40-41,73H,4-6,8-9,11-15,18,21-24,27,31-32,36,39,42-72H2,1-3H3/b10-7-,19-16-,20-17-,28-25-,29-26-,33-30-,35-34-,38-37-,41-40-. The number of allylic oxidation sites excluding steroid dienone is 18. The van der Waals surface area contributed by atoms with Crippen molar-refractivity contribution < 1.29 is 28.6 Å². The molecule has 1 unspecified atom stereocenters. The van der Waals surface area contributed by atoms with Crippen LogP contribution in [0.1, 0.15) is 335 Å². The summed E-state index contributed by atoms with van der Waals surface area (Å²) < 4.78 is 17.0. The Labute approximate surface area is 508 Å². The molecule has 0 bridgehead atoms. The predicted octanol–water partition coefficient (Wildman–Crippen LogP) is 24.2. The SMILES string of the molecule is CC/C=C\C/C=C\C/C=C\C/C=C\C/C=C\C/C=C\CCCCCCCCCCC(=O)OCC(COC(=O)CCCCCCCCC/C=C\CCCCCCCCC)OC(=O)CCCCCCCCCCC/C=C\C/C=C\CCCCC.